The highest BCUT2D eigenvalue weighted by molar-refractivity contribution is 6.35. The third kappa shape index (κ3) is 3.85. The molecular formula is C15H14Cl2FNO. The van der Waals surface area contributed by atoms with Crippen molar-refractivity contribution in [2.75, 3.05) is 7.11 Å². The van der Waals surface area contributed by atoms with Gasteiger partial charge in [0.05, 0.1) is 12.1 Å². The number of hydrogen-bond acceptors (Lipinski definition) is 2. The van der Waals surface area contributed by atoms with E-state index in [1.54, 1.807) is 25.3 Å². The second-order valence-corrected chi connectivity index (χ2v) is 5.15. The van der Waals surface area contributed by atoms with Crippen LogP contribution in [0.5, 0.6) is 5.75 Å². The summed E-state index contributed by atoms with van der Waals surface area (Å²) >= 11 is 12.1. The molecule has 0 aromatic heterocycles. The van der Waals surface area contributed by atoms with Crippen molar-refractivity contribution in [3.63, 3.8) is 0 Å². The van der Waals surface area contributed by atoms with Gasteiger partial charge in [-0.15, -0.1) is 0 Å². The SMILES string of the molecule is COc1c(Cl)cc(Cl)cc1CNCc1ccc(F)cc1. The maximum Gasteiger partial charge on any atom is 0.142 e. The van der Waals surface area contributed by atoms with Gasteiger partial charge in [0.15, 0.2) is 0 Å². The molecule has 2 aromatic carbocycles. The van der Waals surface area contributed by atoms with E-state index in [1.165, 1.54) is 12.1 Å². The molecule has 0 spiro atoms. The molecule has 0 fully saturated rings. The first kappa shape index (κ1) is 15.1. The van der Waals surface area contributed by atoms with Crippen molar-refractivity contribution in [2.24, 2.45) is 0 Å². The lowest BCUT2D eigenvalue weighted by atomic mass is 10.2. The summed E-state index contributed by atoms with van der Waals surface area (Å²) < 4.78 is 18.1. The van der Waals surface area contributed by atoms with Crippen LogP contribution in [0.4, 0.5) is 4.39 Å². The Labute approximate surface area is 127 Å². The molecule has 0 saturated heterocycles. The monoisotopic (exact) mass is 313 g/mol. The first-order chi connectivity index (χ1) is 9.60. The Bertz CT molecular complexity index is 587. The highest BCUT2D eigenvalue weighted by atomic mass is 35.5. The van der Waals surface area contributed by atoms with Crippen LogP contribution in [-0.4, -0.2) is 7.11 Å². The largest absolute Gasteiger partial charge is 0.495 e. The van der Waals surface area contributed by atoms with Gasteiger partial charge in [0, 0.05) is 23.7 Å². The van der Waals surface area contributed by atoms with Gasteiger partial charge in [-0.05, 0) is 29.8 Å². The highest BCUT2D eigenvalue weighted by Gasteiger charge is 2.09. The number of methoxy groups -OCH3 is 1. The van der Waals surface area contributed by atoms with E-state index in [1.807, 2.05) is 6.07 Å². The third-order valence-electron chi connectivity index (χ3n) is 2.85. The van der Waals surface area contributed by atoms with E-state index in [2.05, 4.69) is 5.32 Å². The van der Waals surface area contributed by atoms with E-state index in [0.717, 1.165) is 11.1 Å². The summed E-state index contributed by atoms with van der Waals surface area (Å²) in [5, 5.41) is 4.30. The first-order valence-corrected chi connectivity index (χ1v) is 6.83. The molecule has 2 nitrogen and oxygen atoms in total. The number of hydrogen-bond donors (Lipinski definition) is 1. The summed E-state index contributed by atoms with van der Waals surface area (Å²) in [6.45, 7) is 1.17. The molecule has 0 amide bonds. The Morgan fingerprint density at radius 2 is 1.80 bits per heavy atom. The zero-order chi connectivity index (χ0) is 14.5. The molecule has 0 saturated carbocycles. The zero-order valence-corrected chi connectivity index (χ0v) is 12.4. The van der Waals surface area contributed by atoms with Crippen LogP contribution in [0.1, 0.15) is 11.1 Å². The van der Waals surface area contributed by atoms with Gasteiger partial charge >= 0.3 is 0 Å². The summed E-state index contributed by atoms with van der Waals surface area (Å²) in [4.78, 5) is 0. The third-order valence-corrected chi connectivity index (χ3v) is 3.35. The quantitative estimate of drug-likeness (QED) is 0.881. The van der Waals surface area contributed by atoms with Gasteiger partial charge in [0.25, 0.3) is 0 Å². The molecule has 106 valence electrons. The van der Waals surface area contributed by atoms with Crippen molar-refractivity contribution >= 4 is 23.2 Å². The first-order valence-electron chi connectivity index (χ1n) is 6.07. The number of ether oxygens (including phenoxy) is 1. The normalized spacial score (nSPS) is 10.6. The molecule has 1 N–H and O–H groups in total. The molecule has 2 rings (SSSR count). The predicted octanol–water partition coefficient (Wildman–Crippen LogP) is 4.43. The molecule has 0 bridgehead atoms. The van der Waals surface area contributed by atoms with Gasteiger partial charge in [-0.3, -0.25) is 0 Å². The maximum absolute atomic E-state index is 12.8. The van der Waals surface area contributed by atoms with E-state index in [0.29, 0.717) is 28.9 Å². The maximum atomic E-state index is 12.8. The fourth-order valence-electron chi connectivity index (χ4n) is 1.92. The standard InChI is InChI=1S/C15H14Cl2FNO/c1-20-15-11(6-12(16)7-14(15)17)9-19-8-10-2-4-13(18)5-3-10/h2-7,19H,8-9H2,1H3. The van der Waals surface area contributed by atoms with E-state index in [4.69, 9.17) is 27.9 Å². The Morgan fingerprint density at radius 1 is 1.10 bits per heavy atom. The van der Waals surface area contributed by atoms with Gasteiger partial charge in [0.2, 0.25) is 0 Å². The zero-order valence-electron chi connectivity index (χ0n) is 10.9. The number of nitrogens with one attached hydrogen (secondary N) is 1. The average Bonchev–Trinajstić information content (AvgIpc) is 2.40. The van der Waals surface area contributed by atoms with Crippen molar-refractivity contribution in [2.45, 2.75) is 13.1 Å². The van der Waals surface area contributed by atoms with Gasteiger partial charge in [-0.1, -0.05) is 35.3 Å². The summed E-state index contributed by atoms with van der Waals surface area (Å²) in [7, 11) is 1.57. The van der Waals surface area contributed by atoms with Crippen molar-refractivity contribution < 1.29 is 9.13 Å². The van der Waals surface area contributed by atoms with Crippen molar-refractivity contribution in [3.05, 3.63) is 63.4 Å². The van der Waals surface area contributed by atoms with Crippen LogP contribution in [0.25, 0.3) is 0 Å². The van der Waals surface area contributed by atoms with Crippen LogP contribution in [0, 0.1) is 5.82 Å². The lowest BCUT2D eigenvalue weighted by Crippen LogP contribution is -2.13. The molecule has 5 heteroatoms. The van der Waals surface area contributed by atoms with Crippen molar-refractivity contribution in [1.82, 2.24) is 5.32 Å². The Kier molecular flexibility index (Phi) is 5.24. The second kappa shape index (κ2) is 6.93. The molecular weight excluding hydrogens is 300 g/mol. The van der Waals surface area contributed by atoms with Gasteiger partial charge in [0.1, 0.15) is 11.6 Å². The number of benzene rings is 2. The Balaban J connectivity index is 2.02. The van der Waals surface area contributed by atoms with Crippen LogP contribution in [-0.2, 0) is 13.1 Å². The van der Waals surface area contributed by atoms with E-state index in [-0.39, 0.29) is 5.82 Å². The van der Waals surface area contributed by atoms with Crippen LogP contribution >= 0.6 is 23.2 Å². The smallest absolute Gasteiger partial charge is 0.142 e. The van der Waals surface area contributed by atoms with Crippen molar-refractivity contribution in [1.29, 1.82) is 0 Å². The van der Waals surface area contributed by atoms with E-state index in [9.17, 15) is 4.39 Å². The molecule has 0 heterocycles. The summed E-state index contributed by atoms with van der Waals surface area (Å²) in [6, 6.07) is 9.81. The van der Waals surface area contributed by atoms with Crippen molar-refractivity contribution in [3.8, 4) is 5.75 Å². The molecule has 0 aliphatic carbocycles. The Morgan fingerprint density at radius 3 is 2.45 bits per heavy atom. The molecule has 0 unspecified atom stereocenters. The minimum absolute atomic E-state index is 0.239. The van der Waals surface area contributed by atoms with Crippen LogP contribution in [0.2, 0.25) is 10.0 Å². The van der Waals surface area contributed by atoms with E-state index < -0.39 is 0 Å². The lowest BCUT2D eigenvalue weighted by molar-refractivity contribution is 0.408. The Hall–Kier alpha value is -1.29. The molecule has 0 atom stereocenters. The van der Waals surface area contributed by atoms with Crippen LogP contribution in [0.15, 0.2) is 36.4 Å². The molecule has 20 heavy (non-hydrogen) atoms. The lowest BCUT2D eigenvalue weighted by Gasteiger charge is -2.12. The minimum atomic E-state index is -0.239. The fraction of sp³-hybridized carbons (Fsp3) is 0.200. The van der Waals surface area contributed by atoms with Crippen LogP contribution in [0.3, 0.4) is 0 Å². The molecule has 0 radical (unpaired) electrons. The average molecular weight is 314 g/mol. The number of halogens is 3. The van der Waals surface area contributed by atoms with Gasteiger partial charge in [-0.2, -0.15) is 0 Å². The minimum Gasteiger partial charge on any atom is -0.495 e. The molecule has 0 aliphatic heterocycles. The number of rotatable bonds is 5. The molecule has 2 aromatic rings. The highest BCUT2D eigenvalue weighted by Crippen LogP contribution is 2.32. The topological polar surface area (TPSA) is 21.3 Å². The second-order valence-electron chi connectivity index (χ2n) is 4.31. The fourth-order valence-corrected chi connectivity index (χ4v) is 2.53. The summed E-state index contributed by atoms with van der Waals surface area (Å²) in [5.41, 5.74) is 1.88. The summed E-state index contributed by atoms with van der Waals surface area (Å²) in [6.07, 6.45) is 0. The molecule has 0 aliphatic rings. The predicted molar refractivity (Wildman–Crippen MR) is 80.0 cm³/mol. The van der Waals surface area contributed by atoms with E-state index >= 15 is 0 Å². The summed E-state index contributed by atoms with van der Waals surface area (Å²) in [5.74, 6) is 0.375. The van der Waals surface area contributed by atoms with Gasteiger partial charge in [-0.25, -0.2) is 4.39 Å². The van der Waals surface area contributed by atoms with Crippen LogP contribution < -0.4 is 10.1 Å². The van der Waals surface area contributed by atoms with Gasteiger partial charge < -0.3 is 10.1 Å².